The van der Waals surface area contributed by atoms with Gasteiger partial charge in [0.1, 0.15) is 0 Å². The number of aryl methyl sites for hydroxylation is 2. The highest BCUT2D eigenvalue weighted by Crippen LogP contribution is 2.25. The molecule has 2 amide bonds. The van der Waals surface area contributed by atoms with Crippen LogP contribution in [0.25, 0.3) is 0 Å². The summed E-state index contributed by atoms with van der Waals surface area (Å²) in [5.41, 5.74) is 4.69. The predicted molar refractivity (Wildman–Crippen MR) is 90.5 cm³/mol. The standard InChI is InChI=1S/C18H19ClN2O/c1-12(14-9-8-13-4-2-5-15(13)10-14)20-18(22)21-17-7-3-6-16(19)11-17/h3,6-12H,2,4-5H2,1H3,(H2,20,21,22). The Balaban J connectivity index is 1.63. The van der Waals surface area contributed by atoms with Gasteiger partial charge < -0.3 is 10.6 Å². The molecule has 1 aliphatic carbocycles. The van der Waals surface area contributed by atoms with Crippen LogP contribution < -0.4 is 10.6 Å². The fraction of sp³-hybridized carbons (Fsp3) is 0.278. The highest BCUT2D eigenvalue weighted by atomic mass is 35.5. The highest BCUT2D eigenvalue weighted by molar-refractivity contribution is 6.30. The molecule has 2 aromatic rings. The van der Waals surface area contributed by atoms with E-state index in [4.69, 9.17) is 11.6 Å². The van der Waals surface area contributed by atoms with Crippen LogP contribution >= 0.6 is 11.6 Å². The van der Waals surface area contributed by atoms with Gasteiger partial charge in [-0.25, -0.2) is 4.79 Å². The summed E-state index contributed by atoms with van der Waals surface area (Å²) in [4.78, 5) is 12.1. The molecule has 1 atom stereocenters. The van der Waals surface area contributed by atoms with Crippen LogP contribution in [0.3, 0.4) is 0 Å². The van der Waals surface area contributed by atoms with Crippen LogP contribution in [0.5, 0.6) is 0 Å². The molecule has 2 N–H and O–H groups in total. The zero-order chi connectivity index (χ0) is 15.5. The van der Waals surface area contributed by atoms with Crippen LogP contribution in [-0.4, -0.2) is 6.03 Å². The van der Waals surface area contributed by atoms with Gasteiger partial charge in [-0.2, -0.15) is 0 Å². The SMILES string of the molecule is CC(NC(=O)Nc1cccc(Cl)c1)c1ccc2c(c1)CCC2. The van der Waals surface area contributed by atoms with Gasteiger partial charge in [0.05, 0.1) is 6.04 Å². The molecule has 3 rings (SSSR count). The van der Waals surface area contributed by atoms with E-state index in [-0.39, 0.29) is 12.1 Å². The lowest BCUT2D eigenvalue weighted by atomic mass is 10.0. The maximum Gasteiger partial charge on any atom is 0.319 e. The number of hydrogen-bond acceptors (Lipinski definition) is 1. The van der Waals surface area contributed by atoms with Gasteiger partial charge in [0.2, 0.25) is 0 Å². The number of hydrogen-bond donors (Lipinski definition) is 2. The van der Waals surface area contributed by atoms with E-state index in [0.717, 1.165) is 12.0 Å². The molecular formula is C18H19ClN2O. The number of carbonyl (C=O) groups is 1. The normalized spacial score (nSPS) is 14.3. The number of nitrogens with one attached hydrogen (secondary N) is 2. The van der Waals surface area contributed by atoms with Gasteiger partial charge in [0, 0.05) is 10.7 Å². The van der Waals surface area contributed by atoms with Gasteiger partial charge in [0.25, 0.3) is 0 Å². The zero-order valence-electron chi connectivity index (χ0n) is 12.5. The van der Waals surface area contributed by atoms with Crippen molar-refractivity contribution in [3.05, 3.63) is 64.2 Å². The van der Waals surface area contributed by atoms with E-state index in [1.807, 2.05) is 19.1 Å². The lowest BCUT2D eigenvalue weighted by Gasteiger charge is -2.16. The van der Waals surface area contributed by atoms with Crippen molar-refractivity contribution in [2.45, 2.75) is 32.2 Å². The Morgan fingerprint density at radius 3 is 2.77 bits per heavy atom. The average Bonchev–Trinajstić information content (AvgIpc) is 2.94. The monoisotopic (exact) mass is 314 g/mol. The number of anilines is 1. The van der Waals surface area contributed by atoms with Gasteiger partial charge >= 0.3 is 6.03 Å². The van der Waals surface area contributed by atoms with Gasteiger partial charge in [-0.3, -0.25) is 0 Å². The first kappa shape index (κ1) is 14.9. The molecule has 1 aliphatic rings. The minimum atomic E-state index is -0.227. The third kappa shape index (κ3) is 3.42. The molecule has 0 fully saturated rings. The summed E-state index contributed by atoms with van der Waals surface area (Å²) in [7, 11) is 0. The van der Waals surface area contributed by atoms with Crippen molar-refractivity contribution in [1.29, 1.82) is 0 Å². The van der Waals surface area contributed by atoms with Gasteiger partial charge in [-0.05, 0) is 61.1 Å². The Bertz CT molecular complexity index is 699. The van der Waals surface area contributed by atoms with Crippen LogP contribution in [0.15, 0.2) is 42.5 Å². The van der Waals surface area contributed by atoms with Crippen molar-refractivity contribution in [3.8, 4) is 0 Å². The van der Waals surface area contributed by atoms with E-state index in [1.54, 1.807) is 12.1 Å². The molecule has 0 saturated carbocycles. The van der Waals surface area contributed by atoms with Gasteiger partial charge in [0.15, 0.2) is 0 Å². The molecule has 0 spiro atoms. The second-order valence-electron chi connectivity index (χ2n) is 5.71. The first-order valence-corrected chi connectivity index (χ1v) is 7.94. The van der Waals surface area contributed by atoms with Crippen LogP contribution in [0.2, 0.25) is 5.02 Å². The van der Waals surface area contributed by atoms with Gasteiger partial charge in [-0.1, -0.05) is 35.9 Å². The fourth-order valence-corrected chi connectivity index (χ4v) is 3.06. The average molecular weight is 315 g/mol. The molecule has 0 heterocycles. The minimum absolute atomic E-state index is 0.0370. The second-order valence-corrected chi connectivity index (χ2v) is 6.15. The zero-order valence-corrected chi connectivity index (χ0v) is 13.3. The number of halogens is 1. The molecule has 0 aromatic heterocycles. The first-order chi connectivity index (χ1) is 10.6. The number of fused-ring (bicyclic) bond motifs is 1. The summed E-state index contributed by atoms with van der Waals surface area (Å²) in [5.74, 6) is 0. The topological polar surface area (TPSA) is 41.1 Å². The Hall–Kier alpha value is -2.00. The van der Waals surface area contributed by atoms with E-state index in [2.05, 4.69) is 28.8 Å². The fourth-order valence-electron chi connectivity index (χ4n) is 2.87. The number of urea groups is 1. The predicted octanol–water partition coefficient (Wildman–Crippen LogP) is 4.71. The minimum Gasteiger partial charge on any atom is -0.331 e. The lowest BCUT2D eigenvalue weighted by molar-refractivity contribution is 0.249. The Morgan fingerprint density at radius 2 is 1.95 bits per heavy atom. The van der Waals surface area contributed by atoms with E-state index < -0.39 is 0 Å². The van der Waals surface area contributed by atoms with Crippen molar-refractivity contribution in [2.75, 3.05) is 5.32 Å². The summed E-state index contributed by atoms with van der Waals surface area (Å²) in [6, 6.07) is 13.4. The highest BCUT2D eigenvalue weighted by Gasteiger charge is 2.15. The van der Waals surface area contributed by atoms with Crippen LogP contribution in [0.1, 0.15) is 36.1 Å². The van der Waals surface area contributed by atoms with E-state index in [9.17, 15) is 4.79 Å². The molecule has 22 heavy (non-hydrogen) atoms. The van der Waals surface area contributed by atoms with E-state index in [1.165, 1.54) is 24.0 Å². The second kappa shape index (κ2) is 6.41. The summed E-state index contributed by atoms with van der Waals surface area (Å²) in [5, 5.41) is 6.36. The smallest absolute Gasteiger partial charge is 0.319 e. The first-order valence-electron chi connectivity index (χ1n) is 7.56. The molecule has 0 aliphatic heterocycles. The molecule has 0 radical (unpaired) electrons. The summed E-state index contributed by atoms with van der Waals surface area (Å²) < 4.78 is 0. The Kier molecular flexibility index (Phi) is 4.34. The van der Waals surface area contributed by atoms with E-state index >= 15 is 0 Å². The Morgan fingerprint density at radius 1 is 1.14 bits per heavy atom. The van der Waals surface area contributed by atoms with Crippen molar-refractivity contribution in [1.82, 2.24) is 5.32 Å². The molecule has 114 valence electrons. The van der Waals surface area contributed by atoms with Gasteiger partial charge in [-0.15, -0.1) is 0 Å². The molecule has 4 heteroatoms. The summed E-state index contributed by atoms with van der Waals surface area (Å²) in [6.45, 7) is 1.99. The number of rotatable bonds is 3. The van der Waals surface area contributed by atoms with Crippen molar-refractivity contribution in [3.63, 3.8) is 0 Å². The van der Waals surface area contributed by atoms with Crippen molar-refractivity contribution in [2.24, 2.45) is 0 Å². The largest absolute Gasteiger partial charge is 0.331 e. The maximum absolute atomic E-state index is 12.1. The third-order valence-electron chi connectivity index (χ3n) is 4.05. The third-order valence-corrected chi connectivity index (χ3v) is 4.29. The summed E-state index contributed by atoms with van der Waals surface area (Å²) >= 11 is 5.91. The quantitative estimate of drug-likeness (QED) is 0.846. The van der Waals surface area contributed by atoms with Crippen LogP contribution in [0, 0.1) is 0 Å². The van der Waals surface area contributed by atoms with Crippen LogP contribution in [0.4, 0.5) is 10.5 Å². The number of carbonyl (C=O) groups excluding carboxylic acids is 1. The lowest BCUT2D eigenvalue weighted by Crippen LogP contribution is -2.31. The molecule has 1 unspecified atom stereocenters. The number of benzene rings is 2. The van der Waals surface area contributed by atoms with Crippen molar-refractivity contribution >= 4 is 23.3 Å². The molecule has 0 bridgehead atoms. The molecular weight excluding hydrogens is 296 g/mol. The Labute approximate surface area is 135 Å². The molecule has 2 aromatic carbocycles. The van der Waals surface area contributed by atoms with Crippen LogP contribution in [-0.2, 0) is 12.8 Å². The maximum atomic E-state index is 12.1. The van der Waals surface area contributed by atoms with E-state index in [0.29, 0.717) is 10.7 Å². The van der Waals surface area contributed by atoms with Crippen molar-refractivity contribution < 1.29 is 4.79 Å². The number of amides is 2. The summed E-state index contributed by atoms with van der Waals surface area (Å²) in [6.07, 6.45) is 3.55. The molecule has 0 saturated heterocycles. The molecule has 3 nitrogen and oxygen atoms in total.